The van der Waals surface area contributed by atoms with E-state index < -0.39 is 0 Å². The van der Waals surface area contributed by atoms with Crippen LogP contribution >= 0.6 is 11.3 Å². The van der Waals surface area contributed by atoms with E-state index in [-0.39, 0.29) is 23.6 Å². The van der Waals surface area contributed by atoms with Crippen LogP contribution in [0.2, 0.25) is 0 Å². The molecule has 1 saturated carbocycles. The van der Waals surface area contributed by atoms with Gasteiger partial charge >= 0.3 is 4.87 Å². The number of aromatic nitrogens is 1. The van der Waals surface area contributed by atoms with Gasteiger partial charge in [-0.25, -0.2) is 0 Å². The summed E-state index contributed by atoms with van der Waals surface area (Å²) < 4.78 is 12.6. The number of hydrogen-bond acceptors (Lipinski definition) is 5. The molecule has 0 spiro atoms. The van der Waals surface area contributed by atoms with Gasteiger partial charge in [-0.2, -0.15) is 0 Å². The number of benzene rings is 1. The van der Waals surface area contributed by atoms with Gasteiger partial charge in [-0.1, -0.05) is 30.6 Å². The largest absolute Gasteiger partial charge is 0.454 e. The number of carbonyl (C=O) groups excluding carboxylic acids is 1. The van der Waals surface area contributed by atoms with Crippen molar-refractivity contribution in [3.63, 3.8) is 0 Å². The van der Waals surface area contributed by atoms with Gasteiger partial charge in [0.2, 0.25) is 12.7 Å². The van der Waals surface area contributed by atoms with Crippen molar-refractivity contribution in [2.75, 3.05) is 11.7 Å². The molecule has 0 atom stereocenters. The van der Waals surface area contributed by atoms with Gasteiger partial charge in [0, 0.05) is 41.8 Å². The van der Waals surface area contributed by atoms with E-state index in [0.717, 1.165) is 42.8 Å². The molecule has 1 aromatic carbocycles. The summed E-state index contributed by atoms with van der Waals surface area (Å²) in [5.41, 5.74) is 1.76. The normalized spacial score (nSPS) is 16.5. The van der Waals surface area contributed by atoms with Crippen LogP contribution in [-0.2, 0) is 11.3 Å². The van der Waals surface area contributed by atoms with E-state index in [4.69, 9.17) is 9.47 Å². The van der Waals surface area contributed by atoms with Crippen molar-refractivity contribution in [1.29, 1.82) is 0 Å². The maximum atomic E-state index is 13.2. The van der Waals surface area contributed by atoms with E-state index in [1.165, 1.54) is 17.8 Å². The zero-order chi connectivity index (χ0) is 18.8. The number of ether oxygens (including phenoxy) is 2. The Morgan fingerprint density at radius 1 is 1.22 bits per heavy atom. The second-order valence-electron chi connectivity index (χ2n) is 7.14. The van der Waals surface area contributed by atoms with Crippen molar-refractivity contribution in [2.45, 2.75) is 58.0 Å². The number of hydrogen-bond donors (Lipinski definition) is 0. The molecule has 1 aromatic heterocycles. The number of thiazole rings is 1. The first-order valence-corrected chi connectivity index (χ1v) is 10.4. The van der Waals surface area contributed by atoms with E-state index in [1.54, 1.807) is 4.57 Å². The highest BCUT2D eigenvalue weighted by Crippen LogP contribution is 2.37. The molecule has 0 radical (unpaired) electrons. The fraction of sp³-hybridized carbons (Fsp3) is 0.500. The fourth-order valence-electron chi connectivity index (χ4n) is 3.94. The van der Waals surface area contributed by atoms with Crippen molar-refractivity contribution in [3.8, 4) is 11.5 Å². The Morgan fingerprint density at radius 3 is 2.74 bits per heavy atom. The molecule has 27 heavy (non-hydrogen) atoms. The number of amides is 1. The third-order valence-corrected chi connectivity index (χ3v) is 6.25. The van der Waals surface area contributed by atoms with Gasteiger partial charge in [0.1, 0.15) is 0 Å². The van der Waals surface area contributed by atoms with E-state index in [1.807, 2.05) is 35.4 Å². The predicted molar refractivity (Wildman–Crippen MR) is 105 cm³/mol. The molecule has 0 bridgehead atoms. The van der Waals surface area contributed by atoms with E-state index in [2.05, 4.69) is 0 Å². The Hall–Kier alpha value is -2.28. The summed E-state index contributed by atoms with van der Waals surface area (Å²) in [6.45, 7) is 2.54. The average molecular weight is 388 g/mol. The second kappa shape index (κ2) is 7.76. The Bertz CT molecular complexity index is 882. The van der Waals surface area contributed by atoms with E-state index >= 15 is 0 Å². The van der Waals surface area contributed by atoms with Gasteiger partial charge in [0.05, 0.1) is 0 Å². The summed E-state index contributed by atoms with van der Waals surface area (Å²) >= 11 is 1.18. The average Bonchev–Trinajstić information content (AvgIpc) is 3.27. The lowest BCUT2D eigenvalue weighted by Gasteiger charge is -2.34. The summed E-state index contributed by atoms with van der Waals surface area (Å²) in [5, 5.41) is 1.84. The Labute approximate surface area is 162 Å². The Kier molecular flexibility index (Phi) is 5.20. The summed E-state index contributed by atoms with van der Waals surface area (Å²) in [6.07, 6.45) is 5.84. The molecule has 144 valence electrons. The fourth-order valence-corrected chi connectivity index (χ4v) is 4.70. The molecule has 2 aromatic rings. The lowest BCUT2D eigenvalue weighted by atomic mass is 9.93. The number of aryl methyl sites for hydroxylation is 1. The quantitative estimate of drug-likeness (QED) is 0.784. The van der Waals surface area contributed by atoms with Crippen LogP contribution < -0.4 is 19.2 Å². The number of rotatable bonds is 5. The van der Waals surface area contributed by atoms with Crippen molar-refractivity contribution < 1.29 is 14.3 Å². The van der Waals surface area contributed by atoms with Gasteiger partial charge in [0.25, 0.3) is 0 Å². The van der Waals surface area contributed by atoms with Crippen LogP contribution in [0.5, 0.6) is 11.5 Å². The van der Waals surface area contributed by atoms with Crippen molar-refractivity contribution >= 4 is 22.9 Å². The van der Waals surface area contributed by atoms with Crippen molar-refractivity contribution in [3.05, 3.63) is 38.9 Å². The number of fused-ring (bicyclic) bond motifs is 1. The van der Waals surface area contributed by atoms with Gasteiger partial charge in [-0.3, -0.25) is 9.59 Å². The Balaban J connectivity index is 1.57. The van der Waals surface area contributed by atoms with E-state index in [9.17, 15) is 9.59 Å². The molecule has 0 saturated heterocycles. The zero-order valence-electron chi connectivity index (χ0n) is 15.5. The smallest absolute Gasteiger partial charge is 0.307 e. The summed E-state index contributed by atoms with van der Waals surface area (Å²) in [6, 6.07) is 5.90. The molecule has 2 heterocycles. The van der Waals surface area contributed by atoms with Crippen LogP contribution in [0.4, 0.5) is 5.69 Å². The van der Waals surface area contributed by atoms with E-state index in [0.29, 0.717) is 18.7 Å². The van der Waals surface area contributed by atoms with Crippen LogP contribution in [0.1, 0.15) is 44.2 Å². The molecule has 0 N–H and O–H groups in total. The van der Waals surface area contributed by atoms with Gasteiger partial charge < -0.3 is 18.9 Å². The summed E-state index contributed by atoms with van der Waals surface area (Å²) in [5.74, 6) is 1.46. The first-order valence-electron chi connectivity index (χ1n) is 9.50. The Morgan fingerprint density at radius 2 is 2.00 bits per heavy atom. The second-order valence-corrected chi connectivity index (χ2v) is 7.96. The molecule has 1 aliphatic carbocycles. The molecule has 1 amide bonds. The highest BCUT2D eigenvalue weighted by atomic mass is 32.1. The minimum Gasteiger partial charge on any atom is -0.454 e. The van der Waals surface area contributed by atoms with Crippen LogP contribution in [0, 0.1) is 6.92 Å². The van der Waals surface area contributed by atoms with Crippen LogP contribution in [-0.4, -0.2) is 23.3 Å². The highest BCUT2D eigenvalue weighted by molar-refractivity contribution is 7.07. The third-order valence-electron chi connectivity index (χ3n) is 5.37. The molecule has 1 aliphatic heterocycles. The minimum atomic E-state index is -0.00686. The van der Waals surface area contributed by atoms with Gasteiger partial charge in [-0.05, 0) is 31.9 Å². The van der Waals surface area contributed by atoms with Crippen molar-refractivity contribution in [2.24, 2.45) is 0 Å². The standard InChI is InChI=1S/C20H24N2O4S/c1-14-12-27-20(24)21(14)10-9-19(23)22(15-5-3-2-4-6-15)16-7-8-17-18(11-16)26-13-25-17/h7-8,11-12,15H,2-6,9-10,13H2,1H3. The molecular weight excluding hydrogens is 364 g/mol. The highest BCUT2D eigenvalue weighted by Gasteiger charge is 2.28. The first-order chi connectivity index (χ1) is 13.1. The maximum absolute atomic E-state index is 13.2. The maximum Gasteiger partial charge on any atom is 0.307 e. The van der Waals surface area contributed by atoms with Gasteiger partial charge in [-0.15, -0.1) is 0 Å². The van der Waals surface area contributed by atoms with Crippen molar-refractivity contribution in [1.82, 2.24) is 4.57 Å². The molecule has 2 aliphatic rings. The molecule has 0 unspecified atom stereocenters. The van der Waals surface area contributed by atoms with Crippen LogP contribution in [0.25, 0.3) is 0 Å². The minimum absolute atomic E-state index is 0.00686. The number of anilines is 1. The SMILES string of the molecule is Cc1csc(=O)n1CCC(=O)N(c1ccc2c(c1)OCO2)C1CCCCC1. The number of nitrogens with zero attached hydrogens (tertiary/aromatic N) is 2. The summed E-state index contributed by atoms with van der Waals surface area (Å²) in [4.78, 5) is 27.1. The molecule has 7 heteroatoms. The number of carbonyl (C=O) groups is 1. The van der Waals surface area contributed by atoms with Gasteiger partial charge in [0.15, 0.2) is 11.5 Å². The lowest BCUT2D eigenvalue weighted by molar-refractivity contribution is -0.119. The van der Waals surface area contributed by atoms with Crippen LogP contribution in [0.3, 0.4) is 0 Å². The lowest BCUT2D eigenvalue weighted by Crippen LogP contribution is -2.42. The first kappa shape index (κ1) is 18.1. The molecule has 1 fully saturated rings. The monoisotopic (exact) mass is 388 g/mol. The molecular formula is C20H24N2O4S. The third kappa shape index (κ3) is 3.74. The topological polar surface area (TPSA) is 60.8 Å². The zero-order valence-corrected chi connectivity index (χ0v) is 16.3. The summed E-state index contributed by atoms with van der Waals surface area (Å²) in [7, 11) is 0. The molecule has 4 rings (SSSR count). The van der Waals surface area contributed by atoms with Crippen LogP contribution in [0.15, 0.2) is 28.4 Å². The molecule has 6 nitrogen and oxygen atoms in total. The predicted octanol–water partition coefficient (Wildman–Crippen LogP) is 3.70.